The summed E-state index contributed by atoms with van der Waals surface area (Å²) in [6.07, 6.45) is 0. The number of methoxy groups -OCH3 is 1. The lowest BCUT2D eigenvalue weighted by Crippen LogP contribution is -2.15. The van der Waals surface area contributed by atoms with Crippen LogP contribution in [0.2, 0.25) is 5.02 Å². The van der Waals surface area contributed by atoms with Crippen molar-refractivity contribution in [2.75, 3.05) is 12.4 Å². The Morgan fingerprint density at radius 1 is 1.06 bits per heavy atom. The number of benzene rings is 3. The third-order valence-corrected chi connectivity index (χ3v) is 5.39. The third kappa shape index (κ3) is 5.53. The lowest BCUT2D eigenvalue weighted by Gasteiger charge is -2.15. The summed E-state index contributed by atoms with van der Waals surface area (Å²) >= 11 is 6.08. The number of sulfonamides is 1. The van der Waals surface area contributed by atoms with Gasteiger partial charge in [0.1, 0.15) is 5.75 Å². The van der Waals surface area contributed by atoms with Crippen LogP contribution in [0, 0.1) is 0 Å². The molecule has 0 saturated carbocycles. The molecule has 0 radical (unpaired) electrons. The van der Waals surface area contributed by atoms with E-state index in [-0.39, 0.29) is 28.5 Å². The van der Waals surface area contributed by atoms with Crippen LogP contribution in [0.4, 0.5) is 5.69 Å². The summed E-state index contributed by atoms with van der Waals surface area (Å²) in [7, 11) is -2.47. The number of anilines is 1. The first kappa shape index (κ1) is 22.6. The van der Waals surface area contributed by atoms with Gasteiger partial charge in [0.2, 0.25) is 10.0 Å². The van der Waals surface area contributed by atoms with Crippen LogP contribution in [-0.4, -0.2) is 26.5 Å². The Morgan fingerprint density at radius 2 is 1.84 bits per heavy atom. The van der Waals surface area contributed by atoms with Gasteiger partial charge in [-0.25, -0.2) is 13.6 Å². The first-order valence-electron chi connectivity index (χ1n) is 8.90. The molecule has 10 heteroatoms. The highest BCUT2D eigenvalue weighted by atomic mass is 35.5. The summed E-state index contributed by atoms with van der Waals surface area (Å²) in [5.41, 5.74) is 1.02. The fourth-order valence-electron chi connectivity index (χ4n) is 2.73. The van der Waals surface area contributed by atoms with E-state index in [1.165, 1.54) is 49.6 Å². The number of rotatable bonds is 7. The zero-order chi connectivity index (χ0) is 22.6. The minimum Gasteiger partial charge on any atom is -0.493 e. The summed E-state index contributed by atoms with van der Waals surface area (Å²) in [6, 6.07) is 14.9. The van der Waals surface area contributed by atoms with Gasteiger partial charge >= 0.3 is 0 Å². The van der Waals surface area contributed by atoms with E-state index < -0.39 is 15.9 Å². The second kappa shape index (κ2) is 9.36. The minimum atomic E-state index is -3.92. The van der Waals surface area contributed by atoms with Crippen molar-refractivity contribution in [2.45, 2.75) is 11.5 Å². The van der Waals surface area contributed by atoms with Crippen LogP contribution in [0.5, 0.6) is 17.2 Å². The number of hydrogen-bond acceptors (Lipinski definition) is 6. The lowest BCUT2D eigenvalue weighted by atomic mass is 10.1. The summed E-state index contributed by atoms with van der Waals surface area (Å²) < 4.78 is 34.3. The number of primary sulfonamides is 1. The van der Waals surface area contributed by atoms with Crippen LogP contribution in [-0.2, 0) is 16.6 Å². The Labute approximate surface area is 184 Å². The van der Waals surface area contributed by atoms with Crippen LogP contribution in [0.1, 0.15) is 15.9 Å². The molecule has 0 saturated heterocycles. The highest BCUT2D eigenvalue weighted by Gasteiger charge is 2.17. The van der Waals surface area contributed by atoms with Crippen LogP contribution in [0.3, 0.4) is 0 Å². The van der Waals surface area contributed by atoms with Crippen molar-refractivity contribution >= 4 is 33.2 Å². The molecule has 1 amide bonds. The third-order valence-electron chi connectivity index (χ3n) is 4.24. The van der Waals surface area contributed by atoms with Crippen molar-refractivity contribution < 1.29 is 27.8 Å². The molecule has 0 aromatic heterocycles. The van der Waals surface area contributed by atoms with Gasteiger partial charge in [0.05, 0.1) is 24.2 Å². The van der Waals surface area contributed by atoms with Crippen molar-refractivity contribution in [3.05, 3.63) is 76.8 Å². The molecule has 8 nitrogen and oxygen atoms in total. The van der Waals surface area contributed by atoms with Gasteiger partial charge in [-0.2, -0.15) is 0 Å². The van der Waals surface area contributed by atoms with Crippen molar-refractivity contribution in [3.63, 3.8) is 0 Å². The molecule has 0 unspecified atom stereocenters. The zero-order valence-electron chi connectivity index (χ0n) is 16.3. The molecule has 0 bridgehead atoms. The Hall–Kier alpha value is -3.11. The Morgan fingerprint density at radius 3 is 2.52 bits per heavy atom. The van der Waals surface area contributed by atoms with Crippen molar-refractivity contribution in [3.8, 4) is 17.2 Å². The lowest BCUT2D eigenvalue weighted by molar-refractivity contribution is 0.102. The fourth-order valence-corrected chi connectivity index (χ4v) is 3.45. The standard InChI is InChI=1S/C21H19ClN2O6S/c1-29-20-9-13(12-25)5-8-18(20)30-19-10-14(22)6-7-17(19)21(26)24-15-3-2-4-16(11-15)31(23,27)28/h2-11,25H,12H2,1H3,(H,24,26)(H2,23,27,28). The molecule has 3 aromatic carbocycles. The smallest absolute Gasteiger partial charge is 0.259 e. The number of hydrogen-bond donors (Lipinski definition) is 3. The van der Waals surface area contributed by atoms with Crippen molar-refractivity contribution in [1.82, 2.24) is 0 Å². The van der Waals surface area contributed by atoms with Crippen LogP contribution >= 0.6 is 11.6 Å². The number of carbonyl (C=O) groups is 1. The molecule has 3 aromatic rings. The monoisotopic (exact) mass is 462 g/mol. The average molecular weight is 463 g/mol. The summed E-state index contributed by atoms with van der Waals surface area (Å²) in [6.45, 7) is -0.168. The summed E-state index contributed by atoms with van der Waals surface area (Å²) in [5, 5.41) is 17.4. The van der Waals surface area contributed by atoms with Gasteiger partial charge in [-0.3, -0.25) is 4.79 Å². The molecule has 0 aliphatic heterocycles. The number of amides is 1. The molecule has 0 aliphatic carbocycles. The number of aliphatic hydroxyl groups is 1. The number of halogens is 1. The highest BCUT2D eigenvalue weighted by Crippen LogP contribution is 2.35. The maximum atomic E-state index is 12.9. The quantitative estimate of drug-likeness (QED) is 0.492. The molecule has 0 aliphatic rings. The van der Waals surface area contributed by atoms with Crippen molar-refractivity contribution in [1.29, 1.82) is 0 Å². The van der Waals surface area contributed by atoms with Crippen LogP contribution in [0.25, 0.3) is 0 Å². The molecule has 3 rings (SSSR count). The number of aliphatic hydroxyl groups excluding tert-OH is 1. The number of carbonyl (C=O) groups excluding carboxylic acids is 1. The number of ether oxygens (including phenoxy) is 2. The van der Waals surface area contributed by atoms with E-state index in [0.717, 1.165) is 0 Å². The van der Waals surface area contributed by atoms with E-state index in [9.17, 15) is 18.3 Å². The first-order chi connectivity index (χ1) is 14.7. The van der Waals surface area contributed by atoms with Gasteiger partial charge in [0, 0.05) is 16.8 Å². The van der Waals surface area contributed by atoms with Gasteiger partial charge in [0.15, 0.2) is 11.5 Å². The van der Waals surface area contributed by atoms with Crippen LogP contribution < -0.4 is 19.9 Å². The maximum Gasteiger partial charge on any atom is 0.259 e. The fraction of sp³-hybridized carbons (Fsp3) is 0.0952. The molecule has 0 fully saturated rings. The molecule has 0 heterocycles. The van der Waals surface area contributed by atoms with Gasteiger partial charge in [0.25, 0.3) is 5.91 Å². The Balaban J connectivity index is 1.92. The Bertz CT molecular complexity index is 1230. The molecular weight excluding hydrogens is 444 g/mol. The molecule has 31 heavy (non-hydrogen) atoms. The van der Waals surface area contributed by atoms with Gasteiger partial charge in [-0.15, -0.1) is 0 Å². The van der Waals surface area contributed by atoms with Crippen LogP contribution in [0.15, 0.2) is 65.6 Å². The molecule has 0 atom stereocenters. The predicted octanol–water partition coefficient (Wildman–Crippen LogP) is 3.53. The highest BCUT2D eigenvalue weighted by molar-refractivity contribution is 7.89. The first-order valence-corrected chi connectivity index (χ1v) is 10.8. The second-order valence-electron chi connectivity index (χ2n) is 6.41. The summed E-state index contributed by atoms with van der Waals surface area (Å²) in [4.78, 5) is 12.7. The average Bonchev–Trinajstić information content (AvgIpc) is 2.73. The molecule has 4 N–H and O–H groups in total. The number of nitrogens with two attached hydrogens (primary N) is 1. The normalized spacial score (nSPS) is 11.1. The van der Waals surface area contributed by atoms with Gasteiger partial charge in [-0.05, 0) is 48.0 Å². The number of nitrogens with one attached hydrogen (secondary N) is 1. The SMILES string of the molecule is COc1cc(CO)ccc1Oc1cc(Cl)ccc1C(=O)Nc1cccc(S(N)(=O)=O)c1. The van der Waals surface area contributed by atoms with E-state index in [2.05, 4.69) is 5.32 Å². The van der Waals surface area contributed by atoms with E-state index in [1.54, 1.807) is 18.2 Å². The van der Waals surface area contributed by atoms with E-state index in [0.29, 0.717) is 22.1 Å². The second-order valence-corrected chi connectivity index (χ2v) is 8.41. The zero-order valence-corrected chi connectivity index (χ0v) is 17.9. The predicted molar refractivity (Wildman–Crippen MR) is 116 cm³/mol. The van der Waals surface area contributed by atoms with Crippen molar-refractivity contribution in [2.24, 2.45) is 5.14 Å². The topological polar surface area (TPSA) is 128 Å². The van der Waals surface area contributed by atoms with Gasteiger partial charge in [-0.1, -0.05) is 23.7 Å². The maximum absolute atomic E-state index is 12.9. The molecular formula is C21H19ClN2O6S. The van der Waals surface area contributed by atoms with E-state index >= 15 is 0 Å². The summed E-state index contributed by atoms with van der Waals surface area (Å²) in [5.74, 6) is 0.276. The molecule has 162 valence electrons. The Kier molecular flexibility index (Phi) is 6.81. The molecule has 0 spiro atoms. The van der Waals surface area contributed by atoms with E-state index in [4.69, 9.17) is 26.2 Å². The van der Waals surface area contributed by atoms with Gasteiger partial charge < -0.3 is 19.9 Å². The minimum absolute atomic E-state index is 0.133. The largest absolute Gasteiger partial charge is 0.493 e. The van der Waals surface area contributed by atoms with E-state index in [1.807, 2.05) is 0 Å².